The molecule has 0 aliphatic rings. The number of halogens is 1. The molecular formula is C12H12ClN3O2S. The van der Waals surface area contributed by atoms with Gasteiger partial charge in [0.2, 0.25) is 0 Å². The SMILES string of the molecule is Cc1csc(C(C)Nc2ccc([N+](=O)[O-])cc2Cl)n1. The number of hydrogen-bond donors (Lipinski definition) is 1. The van der Waals surface area contributed by atoms with Gasteiger partial charge in [-0.1, -0.05) is 11.6 Å². The van der Waals surface area contributed by atoms with E-state index in [1.807, 2.05) is 19.2 Å². The van der Waals surface area contributed by atoms with Crippen molar-refractivity contribution >= 4 is 34.3 Å². The lowest BCUT2D eigenvalue weighted by atomic mass is 10.2. The summed E-state index contributed by atoms with van der Waals surface area (Å²) in [5.41, 5.74) is 1.62. The van der Waals surface area contributed by atoms with Crippen molar-refractivity contribution < 1.29 is 4.92 Å². The molecule has 2 rings (SSSR count). The van der Waals surface area contributed by atoms with E-state index in [0.29, 0.717) is 10.7 Å². The number of non-ortho nitro benzene ring substituents is 1. The average molecular weight is 298 g/mol. The second kappa shape index (κ2) is 5.54. The number of rotatable bonds is 4. The zero-order chi connectivity index (χ0) is 14.0. The number of aryl methyl sites for hydroxylation is 1. The second-order valence-electron chi connectivity index (χ2n) is 4.11. The number of nitrogens with one attached hydrogen (secondary N) is 1. The molecule has 1 aromatic heterocycles. The first-order valence-corrected chi connectivity index (χ1v) is 6.85. The van der Waals surface area contributed by atoms with E-state index in [0.717, 1.165) is 10.7 Å². The van der Waals surface area contributed by atoms with Crippen LogP contribution in [0, 0.1) is 17.0 Å². The zero-order valence-electron chi connectivity index (χ0n) is 10.4. The summed E-state index contributed by atoms with van der Waals surface area (Å²) in [6.07, 6.45) is 0. The van der Waals surface area contributed by atoms with Gasteiger partial charge in [0.15, 0.2) is 0 Å². The number of nitro benzene ring substituents is 1. The molecule has 1 aromatic carbocycles. The Hall–Kier alpha value is -1.66. The lowest BCUT2D eigenvalue weighted by Gasteiger charge is -2.13. The van der Waals surface area contributed by atoms with E-state index in [-0.39, 0.29) is 11.7 Å². The molecule has 0 spiro atoms. The predicted octanol–water partition coefficient (Wildman–Crippen LogP) is 4.19. The topological polar surface area (TPSA) is 68.1 Å². The maximum absolute atomic E-state index is 10.6. The highest BCUT2D eigenvalue weighted by Gasteiger charge is 2.13. The van der Waals surface area contributed by atoms with Gasteiger partial charge in [-0.05, 0) is 19.9 Å². The summed E-state index contributed by atoms with van der Waals surface area (Å²) in [4.78, 5) is 14.5. The Labute approximate surface area is 119 Å². The lowest BCUT2D eigenvalue weighted by Crippen LogP contribution is -2.06. The van der Waals surface area contributed by atoms with Gasteiger partial charge in [-0.25, -0.2) is 4.98 Å². The van der Waals surface area contributed by atoms with Crippen LogP contribution in [-0.4, -0.2) is 9.91 Å². The fraction of sp³-hybridized carbons (Fsp3) is 0.250. The van der Waals surface area contributed by atoms with Gasteiger partial charge in [0, 0.05) is 23.2 Å². The van der Waals surface area contributed by atoms with Crippen molar-refractivity contribution in [3.05, 3.63) is 49.4 Å². The summed E-state index contributed by atoms with van der Waals surface area (Å²) < 4.78 is 0. The Morgan fingerprint density at radius 1 is 1.53 bits per heavy atom. The minimum absolute atomic E-state index is 0.00217. The maximum Gasteiger partial charge on any atom is 0.271 e. The molecule has 0 saturated heterocycles. The quantitative estimate of drug-likeness (QED) is 0.679. The van der Waals surface area contributed by atoms with E-state index >= 15 is 0 Å². The molecule has 0 amide bonds. The number of hydrogen-bond acceptors (Lipinski definition) is 5. The number of benzene rings is 1. The van der Waals surface area contributed by atoms with Crippen LogP contribution in [0.2, 0.25) is 5.02 Å². The Bertz CT molecular complexity index is 615. The van der Waals surface area contributed by atoms with Gasteiger partial charge in [-0.2, -0.15) is 0 Å². The van der Waals surface area contributed by atoms with Crippen molar-refractivity contribution in [2.24, 2.45) is 0 Å². The number of nitro groups is 1. The first-order chi connectivity index (χ1) is 8.97. The van der Waals surface area contributed by atoms with Crippen molar-refractivity contribution in [3.63, 3.8) is 0 Å². The normalized spacial score (nSPS) is 12.2. The highest BCUT2D eigenvalue weighted by Crippen LogP contribution is 2.30. The van der Waals surface area contributed by atoms with Gasteiger partial charge in [0.05, 0.1) is 21.7 Å². The average Bonchev–Trinajstić information content (AvgIpc) is 2.78. The highest BCUT2D eigenvalue weighted by molar-refractivity contribution is 7.09. The van der Waals surface area contributed by atoms with Gasteiger partial charge in [-0.15, -0.1) is 11.3 Å². The molecule has 19 heavy (non-hydrogen) atoms. The molecule has 1 atom stereocenters. The monoisotopic (exact) mass is 297 g/mol. The van der Waals surface area contributed by atoms with E-state index in [1.54, 1.807) is 17.4 Å². The van der Waals surface area contributed by atoms with E-state index in [1.165, 1.54) is 12.1 Å². The van der Waals surface area contributed by atoms with Gasteiger partial charge >= 0.3 is 0 Å². The molecule has 0 saturated carbocycles. The number of thiazole rings is 1. The lowest BCUT2D eigenvalue weighted by molar-refractivity contribution is -0.384. The molecule has 100 valence electrons. The van der Waals surface area contributed by atoms with Crippen LogP contribution in [-0.2, 0) is 0 Å². The summed E-state index contributed by atoms with van der Waals surface area (Å²) in [6.45, 7) is 3.90. The highest BCUT2D eigenvalue weighted by atomic mass is 35.5. The molecular weight excluding hydrogens is 286 g/mol. The minimum Gasteiger partial charge on any atom is -0.375 e. The van der Waals surface area contributed by atoms with E-state index < -0.39 is 4.92 Å². The van der Waals surface area contributed by atoms with Gasteiger partial charge in [-0.3, -0.25) is 10.1 Å². The standard InChI is InChI=1S/C12H12ClN3O2S/c1-7-6-19-12(14-7)8(2)15-11-4-3-9(16(17)18)5-10(11)13/h3-6,8,15H,1-2H3. The summed E-state index contributed by atoms with van der Waals surface area (Å²) >= 11 is 7.59. The van der Waals surface area contributed by atoms with Crippen molar-refractivity contribution in [2.75, 3.05) is 5.32 Å². The first kappa shape index (κ1) is 13.8. The van der Waals surface area contributed by atoms with Crippen LogP contribution in [0.4, 0.5) is 11.4 Å². The summed E-state index contributed by atoms with van der Waals surface area (Å²) in [5.74, 6) is 0. The van der Waals surface area contributed by atoms with Crippen molar-refractivity contribution in [1.82, 2.24) is 4.98 Å². The number of nitrogens with zero attached hydrogens (tertiary/aromatic N) is 2. The molecule has 0 aliphatic heterocycles. The molecule has 0 fully saturated rings. The molecule has 5 nitrogen and oxygen atoms in total. The predicted molar refractivity (Wildman–Crippen MR) is 77.0 cm³/mol. The summed E-state index contributed by atoms with van der Waals surface area (Å²) in [6, 6.07) is 4.37. The zero-order valence-corrected chi connectivity index (χ0v) is 12.0. The first-order valence-electron chi connectivity index (χ1n) is 5.60. The van der Waals surface area contributed by atoms with Crippen LogP contribution in [0.25, 0.3) is 0 Å². The van der Waals surface area contributed by atoms with E-state index in [9.17, 15) is 10.1 Å². The summed E-state index contributed by atoms with van der Waals surface area (Å²) in [7, 11) is 0. The van der Waals surface area contributed by atoms with Crippen molar-refractivity contribution in [3.8, 4) is 0 Å². The van der Waals surface area contributed by atoms with Crippen LogP contribution in [0.15, 0.2) is 23.6 Å². The Balaban J connectivity index is 2.17. The third kappa shape index (κ3) is 3.21. The summed E-state index contributed by atoms with van der Waals surface area (Å²) in [5, 5.41) is 17.1. The van der Waals surface area contributed by atoms with Crippen LogP contribution in [0.1, 0.15) is 23.7 Å². The third-order valence-electron chi connectivity index (χ3n) is 2.54. The smallest absolute Gasteiger partial charge is 0.271 e. The van der Waals surface area contributed by atoms with Crippen LogP contribution >= 0.6 is 22.9 Å². The molecule has 0 aliphatic carbocycles. The van der Waals surface area contributed by atoms with Crippen molar-refractivity contribution in [1.29, 1.82) is 0 Å². The molecule has 1 unspecified atom stereocenters. The van der Waals surface area contributed by atoms with Crippen LogP contribution in [0.3, 0.4) is 0 Å². The van der Waals surface area contributed by atoms with Crippen LogP contribution < -0.4 is 5.32 Å². The maximum atomic E-state index is 10.6. The second-order valence-corrected chi connectivity index (χ2v) is 5.41. The fourth-order valence-corrected chi connectivity index (χ4v) is 2.63. The Morgan fingerprint density at radius 3 is 2.79 bits per heavy atom. The largest absolute Gasteiger partial charge is 0.375 e. The van der Waals surface area contributed by atoms with E-state index in [2.05, 4.69) is 10.3 Å². The third-order valence-corrected chi connectivity index (χ3v) is 4.00. The fourth-order valence-electron chi connectivity index (χ4n) is 1.60. The molecule has 0 radical (unpaired) electrons. The van der Waals surface area contributed by atoms with Crippen LogP contribution in [0.5, 0.6) is 0 Å². The van der Waals surface area contributed by atoms with Gasteiger partial charge in [0.1, 0.15) is 5.01 Å². The van der Waals surface area contributed by atoms with Crippen molar-refractivity contribution in [2.45, 2.75) is 19.9 Å². The molecule has 7 heteroatoms. The number of anilines is 1. The molecule has 1 N–H and O–H groups in total. The number of aromatic nitrogens is 1. The van der Waals surface area contributed by atoms with Gasteiger partial charge < -0.3 is 5.32 Å². The Kier molecular flexibility index (Phi) is 4.01. The minimum atomic E-state index is -0.469. The van der Waals surface area contributed by atoms with Gasteiger partial charge in [0.25, 0.3) is 5.69 Å². The molecule has 1 heterocycles. The van der Waals surface area contributed by atoms with E-state index in [4.69, 9.17) is 11.6 Å². The Morgan fingerprint density at radius 2 is 2.26 bits per heavy atom. The molecule has 2 aromatic rings. The molecule has 0 bridgehead atoms.